The maximum absolute atomic E-state index is 5.34. The van der Waals surface area contributed by atoms with E-state index < -0.39 is 0 Å². The number of aliphatic imine (C=N–C) groups is 1. The van der Waals surface area contributed by atoms with Crippen LogP contribution in [0.1, 0.15) is 11.3 Å². The summed E-state index contributed by atoms with van der Waals surface area (Å²) in [5.74, 6) is 1.67. The smallest absolute Gasteiger partial charge is 0.120 e. The molecule has 0 saturated heterocycles. The lowest BCUT2D eigenvalue weighted by molar-refractivity contribution is 0.414. The lowest BCUT2D eigenvalue weighted by Gasteiger charge is -2.05. The quantitative estimate of drug-likeness (QED) is 0.574. The number of rotatable bonds is 3. The molecule has 4 rings (SSSR count). The lowest BCUT2D eigenvalue weighted by Crippen LogP contribution is -1.97. The highest BCUT2D eigenvalue weighted by Crippen LogP contribution is 2.33. The molecule has 1 aliphatic heterocycles. The number of ether oxygens (including phenoxy) is 2. The molecule has 0 unspecified atom stereocenters. The Morgan fingerprint density at radius 2 is 1.61 bits per heavy atom. The van der Waals surface area contributed by atoms with Crippen LogP contribution in [0.25, 0.3) is 5.69 Å². The molecule has 0 amide bonds. The second-order valence-electron chi connectivity index (χ2n) is 5.30. The first-order valence-electron chi connectivity index (χ1n) is 7.39. The summed E-state index contributed by atoms with van der Waals surface area (Å²) in [5, 5.41) is 0. The van der Waals surface area contributed by atoms with Gasteiger partial charge in [-0.1, -0.05) is 0 Å². The van der Waals surface area contributed by atoms with Crippen molar-refractivity contribution in [2.24, 2.45) is 4.99 Å². The Kier molecular flexibility index (Phi) is 3.15. The van der Waals surface area contributed by atoms with Gasteiger partial charge in [0, 0.05) is 17.8 Å². The van der Waals surface area contributed by atoms with Crippen LogP contribution < -0.4 is 9.47 Å². The van der Waals surface area contributed by atoms with E-state index in [2.05, 4.69) is 16.7 Å². The molecule has 0 aliphatic carbocycles. The first-order chi connectivity index (χ1) is 11.3. The molecule has 0 N–H and O–H groups in total. The van der Waals surface area contributed by atoms with Crippen LogP contribution in [0.2, 0.25) is 0 Å². The van der Waals surface area contributed by atoms with Crippen LogP contribution in [-0.2, 0) is 0 Å². The molecule has 1 aliphatic rings. The average molecular weight is 304 g/mol. The second-order valence-corrected chi connectivity index (χ2v) is 5.30. The van der Waals surface area contributed by atoms with Gasteiger partial charge >= 0.3 is 0 Å². The third-order valence-corrected chi connectivity index (χ3v) is 4.02. The number of aromatic nitrogens is 1. The van der Waals surface area contributed by atoms with Gasteiger partial charge in [0.1, 0.15) is 11.5 Å². The van der Waals surface area contributed by atoms with E-state index in [1.807, 2.05) is 48.7 Å². The molecule has 4 heteroatoms. The summed E-state index contributed by atoms with van der Waals surface area (Å²) in [4.78, 5) is 4.84. The molecule has 0 fully saturated rings. The van der Waals surface area contributed by atoms with Crippen molar-refractivity contribution in [3.63, 3.8) is 0 Å². The van der Waals surface area contributed by atoms with E-state index in [0.29, 0.717) is 0 Å². The van der Waals surface area contributed by atoms with E-state index in [4.69, 9.17) is 14.5 Å². The Labute approximate surface area is 134 Å². The SMILES string of the molecule is COc1ccc(N=C2c3ccc(OC)cc3-n3cccc32)cc1. The summed E-state index contributed by atoms with van der Waals surface area (Å²) < 4.78 is 12.7. The summed E-state index contributed by atoms with van der Waals surface area (Å²) in [6, 6.07) is 17.9. The molecule has 0 bridgehead atoms. The summed E-state index contributed by atoms with van der Waals surface area (Å²) in [6.45, 7) is 0. The summed E-state index contributed by atoms with van der Waals surface area (Å²) in [6.07, 6.45) is 2.05. The number of hydrogen-bond acceptors (Lipinski definition) is 3. The normalized spacial score (nSPS) is 13.7. The highest BCUT2D eigenvalue weighted by atomic mass is 16.5. The number of fused-ring (bicyclic) bond motifs is 3. The number of methoxy groups -OCH3 is 2. The van der Waals surface area contributed by atoms with Crippen molar-refractivity contribution in [2.75, 3.05) is 14.2 Å². The van der Waals surface area contributed by atoms with Crippen molar-refractivity contribution < 1.29 is 9.47 Å². The van der Waals surface area contributed by atoms with Gasteiger partial charge in [-0.05, 0) is 48.5 Å². The van der Waals surface area contributed by atoms with Crippen molar-refractivity contribution in [2.45, 2.75) is 0 Å². The Bertz CT molecular complexity index is 892. The number of nitrogens with zero attached hydrogens (tertiary/aromatic N) is 2. The van der Waals surface area contributed by atoms with Crippen molar-refractivity contribution in [3.8, 4) is 17.2 Å². The van der Waals surface area contributed by atoms with Gasteiger partial charge in [-0.2, -0.15) is 0 Å². The average Bonchev–Trinajstić information content (AvgIpc) is 3.18. The number of hydrogen-bond donors (Lipinski definition) is 0. The fourth-order valence-corrected chi connectivity index (χ4v) is 2.86. The van der Waals surface area contributed by atoms with Crippen molar-refractivity contribution in [1.29, 1.82) is 0 Å². The molecule has 3 aromatic rings. The van der Waals surface area contributed by atoms with E-state index >= 15 is 0 Å². The molecule has 2 heterocycles. The molecular formula is C19H16N2O2. The maximum atomic E-state index is 5.34. The van der Waals surface area contributed by atoms with Gasteiger partial charge in [0.15, 0.2) is 0 Å². The van der Waals surface area contributed by atoms with Crippen molar-refractivity contribution >= 4 is 11.4 Å². The van der Waals surface area contributed by atoms with Gasteiger partial charge in [0.2, 0.25) is 0 Å². The van der Waals surface area contributed by atoms with E-state index in [0.717, 1.165) is 39.8 Å². The lowest BCUT2D eigenvalue weighted by atomic mass is 10.1. The van der Waals surface area contributed by atoms with Gasteiger partial charge in [-0.25, -0.2) is 4.99 Å². The zero-order chi connectivity index (χ0) is 15.8. The predicted octanol–water partition coefficient (Wildman–Crippen LogP) is 3.98. The van der Waals surface area contributed by atoms with Crippen LogP contribution in [0, 0.1) is 0 Å². The Morgan fingerprint density at radius 1 is 0.870 bits per heavy atom. The van der Waals surface area contributed by atoms with E-state index in [-0.39, 0.29) is 0 Å². The minimum atomic E-state index is 0.828. The van der Waals surface area contributed by atoms with E-state index in [9.17, 15) is 0 Å². The minimum absolute atomic E-state index is 0.828. The molecular weight excluding hydrogens is 288 g/mol. The molecule has 0 saturated carbocycles. The molecule has 2 aromatic carbocycles. The third kappa shape index (κ3) is 2.19. The summed E-state index contributed by atoms with van der Waals surface area (Å²) >= 11 is 0. The van der Waals surface area contributed by atoms with Crippen molar-refractivity contribution in [3.05, 3.63) is 72.1 Å². The molecule has 0 radical (unpaired) electrons. The molecule has 114 valence electrons. The zero-order valence-corrected chi connectivity index (χ0v) is 13.0. The standard InChI is InChI=1S/C19H16N2O2/c1-22-14-7-5-13(6-8-14)20-19-16-10-9-15(23-2)12-18(16)21-11-3-4-17(19)21/h3-12H,1-2H3. The van der Waals surface area contributed by atoms with Crippen LogP contribution in [0.5, 0.6) is 11.5 Å². The highest BCUT2D eigenvalue weighted by molar-refractivity contribution is 6.18. The first kappa shape index (κ1) is 13.6. The predicted molar refractivity (Wildman–Crippen MR) is 90.6 cm³/mol. The van der Waals surface area contributed by atoms with Gasteiger partial charge in [0.25, 0.3) is 0 Å². The largest absolute Gasteiger partial charge is 0.497 e. The molecule has 4 nitrogen and oxygen atoms in total. The van der Waals surface area contributed by atoms with Crippen LogP contribution in [0.15, 0.2) is 65.8 Å². The Morgan fingerprint density at radius 3 is 2.35 bits per heavy atom. The van der Waals surface area contributed by atoms with Gasteiger partial charge in [-0.15, -0.1) is 0 Å². The molecule has 23 heavy (non-hydrogen) atoms. The molecule has 0 spiro atoms. The molecule has 0 atom stereocenters. The maximum Gasteiger partial charge on any atom is 0.120 e. The topological polar surface area (TPSA) is 35.8 Å². The monoisotopic (exact) mass is 304 g/mol. The summed E-state index contributed by atoms with van der Waals surface area (Å²) in [7, 11) is 3.34. The Balaban J connectivity index is 1.85. The first-order valence-corrected chi connectivity index (χ1v) is 7.39. The van der Waals surface area contributed by atoms with Crippen LogP contribution in [0.4, 0.5) is 5.69 Å². The fraction of sp³-hybridized carbons (Fsp3) is 0.105. The van der Waals surface area contributed by atoms with Crippen LogP contribution in [0.3, 0.4) is 0 Å². The van der Waals surface area contributed by atoms with Crippen LogP contribution in [-0.4, -0.2) is 24.5 Å². The van der Waals surface area contributed by atoms with E-state index in [1.165, 1.54) is 0 Å². The summed E-state index contributed by atoms with van der Waals surface area (Å²) in [5.41, 5.74) is 5.16. The minimum Gasteiger partial charge on any atom is -0.497 e. The Hall–Kier alpha value is -3.01. The third-order valence-electron chi connectivity index (χ3n) is 4.02. The van der Waals surface area contributed by atoms with Crippen LogP contribution >= 0.6 is 0 Å². The highest BCUT2D eigenvalue weighted by Gasteiger charge is 2.24. The second kappa shape index (κ2) is 5.32. The fourth-order valence-electron chi connectivity index (χ4n) is 2.86. The molecule has 1 aromatic heterocycles. The van der Waals surface area contributed by atoms with Crippen molar-refractivity contribution in [1.82, 2.24) is 4.57 Å². The van der Waals surface area contributed by atoms with Gasteiger partial charge in [-0.3, -0.25) is 0 Å². The zero-order valence-electron chi connectivity index (χ0n) is 13.0. The van der Waals surface area contributed by atoms with Gasteiger partial charge < -0.3 is 14.0 Å². The van der Waals surface area contributed by atoms with Gasteiger partial charge in [0.05, 0.1) is 37.0 Å². The number of benzene rings is 2. The van der Waals surface area contributed by atoms with E-state index in [1.54, 1.807) is 14.2 Å².